The molecule has 2 aliphatic rings. The average molecular weight is 458 g/mol. The van der Waals surface area contributed by atoms with Gasteiger partial charge >= 0.3 is 6.09 Å². The van der Waals surface area contributed by atoms with Gasteiger partial charge in [-0.1, -0.05) is 32.0 Å². The van der Waals surface area contributed by atoms with Gasteiger partial charge in [0.15, 0.2) is 0 Å². The normalized spacial score (nSPS) is 19.8. The number of aromatic nitrogens is 1. The molecule has 2 aromatic rings. The van der Waals surface area contributed by atoms with Crippen molar-refractivity contribution in [1.82, 2.24) is 14.8 Å². The molecule has 0 saturated carbocycles. The summed E-state index contributed by atoms with van der Waals surface area (Å²) in [4.78, 5) is 20.1. The highest BCUT2D eigenvalue weighted by Gasteiger charge is 2.35. The molecular weight excluding hydrogens is 414 g/mol. The van der Waals surface area contributed by atoms with Gasteiger partial charge in [-0.25, -0.2) is 4.79 Å². The summed E-state index contributed by atoms with van der Waals surface area (Å²) in [5.41, 5.74) is 2.18. The lowest BCUT2D eigenvalue weighted by Crippen LogP contribution is -2.51. The molecule has 0 radical (unpaired) electrons. The molecule has 4 rings (SSSR count). The summed E-state index contributed by atoms with van der Waals surface area (Å²) >= 11 is 0. The van der Waals surface area contributed by atoms with Gasteiger partial charge in [0.05, 0.1) is 6.61 Å². The number of aliphatic hydroxyl groups is 1. The van der Waals surface area contributed by atoms with E-state index in [1.807, 2.05) is 39.5 Å². The van der Waals surface area contributed by atoms with Gasteiger partial charge in [0.2, 0.25) is 0 Å². The first-order chi connectivity index (χ1) is 15.9. The van der Waals surface area contributed by atoms with Crippen LogP contribution in [0.2, 0.25) is 0 Å². The maximum Gasteiger partial charge on any atom is 0.410 e. The molecule has 1 amide bonds. The summed E-state index contributed by atoms with van der Waals surface area (Å²) in [6.07, 6.45) is 6.05. The molecule has 0 aliphatic carbocycles. The predicted molar refractivity (Wildman–Crippen MR) is 135 cm³/mol. The minimum absolute atomic E-state index is 0.185. The van der Waals surface area contributed by atoms with E-state index in [1.165, 1.54) is 16.5 Å². The van der Waals surface area contributed by atoms with Crippen molar-refractivity contribution in [3.63, 3.8) is 0 Å². The van der Waals surface area contributed by atoms with Crippen molar-refractivity contribution >= 4 is 17.0 Å². The summed E-state index contributed by atoms with van der Waals surface area (Å²) in [6.45, 7) is 13.3. The van der Waals surface area contributed by atoms with Crippen LogP contribution in [0.25, 0.3) is 10.9 Å². The summed E-state index contributed by atoms with van der Waals surface area (Å²) in [7, 11) is 0. The van der Waals surface area contributed by atoms with Gasteiger partial charge < -0.3 is 19.7 Å². The predicted octanol–water partition coefficient (Wildman–Crippen LogP) is 5.38. The van der Waals surface area contributed by atoms with Crippen LogP contribution in [0.3, 0.4) is 0 Å². The van der Waals surface area contributed by atoms with Gasteiger partial charge in [-0.3, -0.25) is 4.90 Å². The van der Waals surface area contributed by atoms with Gasteiger partial charge in [-0.15, -0.1) is 0 Å². The van der Waals surface area contributed by atoms with E-state index in [9.17, 15) is 9.90 Å². The molecule has 2 fully saturated rings. The third kappa shape index (κ3) is 6.30. The maximum absolute atomic E-state index is 12.3. The number of piperidine rings is 2. The molecule has 184 valence electrons. The molecule has 33 heavy (non-hydrogen) atoms. The minimum atomic E-state index is -0.462. The molecule has 0 bridgehead atoms. The number of benzene rings is 1. The number of ether oxygens (including phenoxy) is 1. The number of likely N-dealkylation sites (tertiary alicyclic amines) is 2. The number of aliphatic hydroxyl groups excluding tert-OH is 1. The number of fused-ring (bicyclic) bond motifs is 1. The number of nitrogens with zero attached hydrogens (tertiary/aromatic N) is 2. The van der Waals surface area contributed by atoms with Crippen molar-refractivity contribution in [3.05, 3.63) is 36.0 Å². The van der Waals surface area contributed by atoms with E-state index in [0.29, 0.717) is 24.9 Å². The number of hydrogen-bond acceptors (Lipinski definition) is 4. The number of carbonyl (C=O) groups is 1. The Balaban J connectivity index is 0.00000149. The number of para-hydroxylation sites is 1. The molecule has 0 spiro atoms. The zero-order chi connectivity index (χ0) is 24.0. The SMILES string of the molecule is CC.CC(C)(C)OC(=O)N1CCC([C@H](CO)N2CCC(c3c[nH]c4ccccc34)CC2)CC1. The summed E-state index contributed by atoms with van der Waals surface area (Å²) < 4.78 is 5.52. The molecule has 6 heteroatoms. The lowest BCUT2D eigenvalue weighted by molar-refractivity contribution is 0.00468. The zero-order valence-electron chi connectivity index (χ0n) is 21.1. The van der Waals surface area contributed by atoms with E-state index in [2.05, 4.69) is 40.3 Å². The highest BCUT2D eigenvalue weighted by atomic mass is 16.6. The number of rotatable bonds is 4. The molecule has 1 atom stereocenters. The lowest BCUT2D eigenvalue weighted by Gasteiger charge is -2.43. The quantitative estimate of drug-likeness (QED) is 0.647. The number of aromatic amines is 1. The maximum atomic E-state index is 12.3. The van der Waals surface area contributed by atoms with Crippen molar-refractivity contribution in [2.24, 2.45) is 5.92 Å². The molecule has 2 aliphatic heterocycles. The summed E-state index contributed by atoms with van der Waals surface area (Å²) in [5, 5.41) is 11.5. The van der Waals surface area contributed by atoms with E-state index >= 15 is 0 Å². The molecular formula is C27H43N3O3. The Bertz CT molecular complexity index is 872. The fourth-order valence-electron chi connectivity index (χ4n) is 5.33. The van der Waals surface area contributed by atoms with E-state index in [1.54, 1.807) is 0 Å². The first-order valence-corrected chi connectivity index (χ1v) is 12.7. The van der Waals surface area contributed by atoms with Crippen LogP contribution < -0.4 is 0 Å². The van der Waals surface area contributed by atoms with Crippen molar-refractivity contribution in [1.29, 1.82) is 0 Å². The number of nitrogens with one attached hydrogen (secondary N) is 1. The van der Waals surface area contributed by atoms with Crippen LogP contribution in [-0.4, -0.2) is 70.4 Å². The van der Waals surface area contributed by atoms with Gasteiger partial charge in [0, 0.05) is 36.2 Å². The second-order valence-corrected chi connectivity index (χ2v) is 10.2. The smallest absolute Gasteiger partial charge is 0.410 e. The molecule has 2 N–H and O–H groups in total. The number of carbonyl (C=O) groups excluding carboxylic acids is 1. The highest BCUT2D eigenvalue weighted by molar-refractivity contribution is 5.83. The van der Waals surface area contributed by atoms with Crippen LogP contribution in [0.15, 0.2) is 30.5 Å². The molecule has 1 aromatic heterocycles. The van der Waals surface area contributed by atoms with Crippen molar-refractivity contribution in [2.75, 3.05) is 32.8 Å². The van der Waals surface area contributed by atoms with Crippen LogP contribution in [0.5, 0.6) is 0 Å². The van der Waals surface area contributed by atoms with Crippen LogP contribution in [-0.2, 0) is 4.74 Å². The third-order valence-electron chi connectivity index (χ3n) is 6.98. The largest absolute Gasteiger partial charge is 0.444 e. The fourth-order valence-corrected chi connectivity index (χ4v) is 5.33. The third-order valence-corrected chi connectivity index (χ3v) is 6.98. The second kappa shape index (κ2) is 11.4. The molecule has 1 aromatic carbocycles. The first kappa shape index (κ1) is 25.6. The molecule has 3 heterocycles. The Morgan fingerprint density at radius 1 is 1.09 bits per heavy atom. The minimum Gasteiger partial charge on any atom is -0.444 e. The van der Waals surface area contributed by atoms with Crippen LogP contribution in [0.1, 0.15) is 71.8 Å². The number of amides is 1. The van der Waals surface area contributed by atoms with E-state index in [-0.39, 0.29) is 18.7 Å². The Morgan fingerprint density at radius 2 is 1.73 bits per heavy atom. The van der Waals surface area contributed by atoms with Crippen LogP contribution >= 0.6 is 0 Å². The zero-order valence-corrected chi connectivity index (χ0v) is 21.1. The molecule has 0 unspecified atom stereocenters. The molecule has 6 nitrogen and oxygen atoms in total. The van der Waals surface area contributed by atoms with E-state index in [4.69, 9.17) is 4.74 Å². The Hall–Kier alpha value is -2.05. The van der Waals surface area contributed by atoms with Gasteiger partial charge in [-0.2, -0.15) is 0 Å². The van der Waals surface area contributed by atoms with Gasteiger partial charge in [0.25, 0.3) is 0 Å². The van der Waals surface area contributed by atoms with Crippen molar-refractivity contribution < 1.29 is 14.6 Å². The topological polar surface area (TPSA) is 68.8 Å². The number of H-pyrrole nitrogens is 1. The Labute approximate surface area is 199 Å². The monoisotopic (exact) mass is 457 g/mol. The van der Waals surface area contributed by atoms with E-state index < -0.39 is 5.60 Å². The van der Waals surface area contributed by atoms with Gasteiger partial charge in [-0.05, 0) is 83.0 Å². The number of hydrogen-bond donors (Lipinski definition) is 2. The second-order valence-electron chi connectivity index (χ2n) is 10.2. The lowest BCUT2D eigenvalue weighted by atomic mass is 9.85. The Morgan fingerprint density at radius 3 is 2.33 bits per heavy atom. The van der Waals surface area contributed by atoms with E-state index in [0.717, 1.165) is 38.8 Å². The van der Waals surface area contributed by atoms with Crippen LogP contribution in [0.4, 0.5) is 4.79 Å². The van der Waals surface area contributed by atoms with Crippen molar-refractivity contribution in [2.45, 2.75) is 77.9 Å². The first-order valence-electron chi connectivity index (χ1n) is 12.7. The Kier molecular flexibility index (Phi) is 8.82. The fraction of sp³-hybridized carbons (Fsp3) is 0.667. The summed E-state index contributed by atoms with van der Waals surface area (Å²) in [5.74, 6) is 0.995. The summed E-state index contributed by atoms with van der Waals surface area (Å²) in [6, 6.07) is 8.72. The average Bonchev–Trinajstić information content (AvgIpc) is 3.25. The van der Waals surface area contributed by atoms with Crippen molar-refractivity contribution in [3.8, 4) is 0 Å². The standard InChI is InChI=1S/C25H37N3O3.C2H6/c1-25(2,3)31-24(30)28-14-10-19(11-15-28)23(17-29)27-12-8-18(9-13-27)21-16-26-22-7-5-4-6-20(21)22;1-2/h4-7,16,18-19,23,26,29H,8-15,17H2,1-3H3;1-2H3/t23-;/m0./s1. The molecule has 2 saturated heterocycles. The highest BCUT2D eigenvalue weighted by Crippen LogP contribution is 2.35. The van der Waals surface area contributed by atoms with Gasteiger partial charge in [0.1, 0.15) is 5.60 Å². The van der Waals surface area contributed by atoms with Crippen LogP contribution in [0, 0.1) is 5.92 Å².